The van der Waals surface area contributed by atoms with Crippen molar-refractivity contribution in [1.29, 1.82) is 0 Å². The number of nitrogens with one attached hydrogen (secondary N) is 2. The summed E-state index contributed by atoms with van der Waals surface area (Å²) in [7, 11) is 1.62. The molecule has 6 nitrogen and oxygen atoms in total. The molecule has 0 atom stereocenters. The summed E-state index contributed by atoms with van der Waals surface area (Å²) in [5.41, 5.74) is 2.39. The Kier molecular flexibility index (Phi) is 8.34. The number of ether oxygens (including phenoxy) is 2. The minimum Gasteiger partial charge on any atom is -0.382 e. The number of hydrogen-bond acceptors (Lipinski definition) is 5. The Morgan fingerprint density at radius 3 is 2.81 bits per heavy atom. The van der Waals surface area contributed by atoms with Gasteiger partial charge < -0.3 is 20.2 Å². The summed E-state index contributed by atoms with van der Waals surface area (Å²) in [4.78, 5) is 11.9. The van der Waals surface area contributed by atoms with Crippen molar-refractivity contribution < 1.29 is 18.7 Å². The lowest BCUT2D eigenvalue weighted by molar-refractivity contribution is 0.0686. The van der Waals surface area contributed by atoms with Crippen LogP contribution in [-0.2, 0) is 9.47 Å². The molecule has 0 aliphatic rings. The smallest absolute Gasteiger partial charge is 0.253 e. The summed E-state index contributed by atoms with van der Waals surface area (Å²) in [6.07, 6.45) is 1.61. The third-order valence-corrected chi connectivity index (χ3v) is 2.84. The van der Waals surface area contributed by atoms with Gasteiger partial charge in [0.25, 0.3) is 5.91 Å². The number of hydrogen-bond donors (Lipinski definition) is 3. The van der Waals surface area contributed by atoms with Crippen molar-refractivity contribution in [1.82, 2.24) is 5.32 Å². The summed E-state index contributed by atoms with van der Waals surface area (Å²) in [6, 6.07) is 4.22. The number of unbranched alkanes of at least 4 members (excludes halogenated alkanes) is 1. The number of anilines is 1. The zero-order valence-corrected chi connectivity index (χ0v) is 12.2. The van der Waals surface area contributed by atoms with Gasteiger partial charge in [-0.2, -0.15) is 0 Å². The maximum absolute atomic E-state index is 13.5. The summed E-state index contributed by atoms with van der Waals surface area (Å²) >= 11 is 0. The lowest BCUT2D eigenvalue weighted by Gasteiger charge is -2.10. The van der Waals surface area contributed by atoms with E-state index in [-0.39, 0.29) is 17.2 Å². The third kappa shape index (κ3) is 6.07. The van der Waals surface area contributed by atoms with Crippen molar-refractivity contribution in [2.24, 2.45) is 5.84 Å². The van der Waals surface area contributed by atoms with Gasteiger partial charge in [-0.15, -0.1) is 0 Å². The van der Waals surface area contributed by atoms with E-state index >= 15 is 0 Å². The number of nitrogens with two attached hydrogens (primary N) is 1. The highest BCUT2D eigenvalue weighted by Crippen LogP contribution is 2.18. The highest BCUT2D eigenvalue weighted by atomic mass is 19.1. The third-order valence-electron chi connectivity index (χ3n) is 2.84. The quantitative estimate of drug-likeness (QED) is 0.344. The van der Waals surface area contributed by atoms with Crippen molar-refractivity contribution in [2.75, 3.05) is 38.9 Å². The first-order valence-corrected chi connectivity index (χ1v) is 6.80. The van der Waals surface area contributed by atoms with Crippen LogP contribution in [0.5, 0.6) is 0 Å². The van der Waals surface area contributed by atoms with E-state index < -0.39 is 5.82 Å². The van der Waals surface area contributed by atoms with E-state index in [1.54, 1.807) is 7.11 Å². The molecule has 1 aromatic carbocycles. The van der Waals surface area contributed by atoms with Crippen LogP contribution in [-0.4, -0.2) is 39.4 Å². The SMILES string of the molecule is COCCOCCCCNC(=O)c1cccc(F)c1NN. The van der Waals surface area contributed by atoms with Gasteiger partial charge in [-0.05, 0) is 25.0 Å². The first kappa shape index (κ1) is 17.4. The Morgan fingerprint density at radius 1 is 1.29 bits per heavy atom. The largest absolute Gasteiger partial charge is 0.382 e. The van der Waals surface area contributed by atoms with E-state index in [9.17, 15) is 9.18 Å². The molecule has 0 saturated heterocycles. The molecule has 0 aromatic heterocycles. The predicted molar refractivity (Wildman–Crippen MR) is 78.5 cm³/mol. The Labute approximate surface area is 123 Å². The maximum atomic E-state index is 13.5. The monoisotopic (exact) mass is 299 g/mol. The van der Waals surface area contributed by atoms with E-state index in [1.807, 2.05) is 0 Å². The number of para-hydroxylation sites is 1. The molecule has 0 saturated carbocycles. The van der Waals surface area contributed by atoms with Gasteiger partial charge in [-0.1, -0.05) is 6.07 Å². The van der Waals surface area contributed by atoms with Gasteiger partial charge in [0.2, 0.25) is 0 Å². The maximum Gasteiger partial charge on any atom is 0.253 e. The fraction of sp³-hybridized carbons (Fsp3) is 0.500. The van der Waals surface area contributed by atoms with E-state index in [4.69, 9.17) is 15.3 Å². The Morgan fingerprint density at radius 2 is 2.10 bits per heavy atom. The number of methoxy groups -OCH3 is 1. The molecule has 118 valence electrons. The lowest BCUT2D eigenvalue weighted by Crippen LogP contribution is -2.26. The summed E-state index contributed by atoms with van der Waals surface area (Å²) < 4.78 is 23.6. The number of nitrogen functional groups attached to an aromatic ring is 1. The van der Waals surface area contributed by atoms with Crippen molar-refractivity contribution in [2.45, 2.75) is 12.8 Å². The molecule has 1 aromatic rings. The fourth-order valence-electron chi connectivity index (χ4n) is 1.73. The van der Waals surface area contributed by atoms with Gasteiger partial charge in [0, 0.05) is 20.3 Å². The van der Waals surface area contributed by atoms with Crippen molar-refractivity contribution in [3.8, 4) is 0 Å². The Balaban J connectivity index is 2.27. The zero-order chi connectivity index (χ0) is 15.5. The average Bonchev–Trinajstić information content (AvgIpc) is 2.49. The molecule has 0 unspecified atom stereocenters. The summed E-state index contributed by atoms with van der Waals surface area (Å²) in [5.74, 6) is 4.31. The van der Waals surface area contributed by atoms with E-state index in [0.717, 1.165) is 12.8 Å². The van der Waals surface area contributed by atoms with Gasteiger partial charge >= 0.3 is 0 Å². The Hall–Kier alpha value is -1.70. The molecule has 0 aliphatic heterocycles. The molecule has 0 spiro atoms. The number of halogens is 1. The number of carbonyl (C=O) groups excluding carboxylic acids is 1. The first-order valence-electron chi connectivity index (χ1n) is 6.80. The number of amides is 1. The van der Waals surface area contributed by atoms with Crippen molar-refractivity contribution in [3.63, 3.8) is 0 Å². The molecule has 0 fully saturated rings. The van der Waals surface area contributed by atoms with Crippen molar-refractivity contribution >= 4 is 11.6 Å². The van der Waals surface area contributed by atoms with Crippen LogP contribution in [0.4, 0.5) is 10.1 Å². The van der Waals surface area contributed by atoms with Crippen LogP contribution in [0.25, 0.3) is 0 Å². The number of benzene rings is 1. The molecule has 0 bridgehead atoms. The number of carbonyl (C=O) groups is 1. The fourth-order valence-corrected chi connectivity index (χ4v) is 1.73. The van der Waals surface area contributed by atoms with Crippen LogP contribution in [0.2, 0.25) is 0 Å². The second-order valence-electron chi connectivity index (χ2n) is 4.37. The van der Waals surface area contributed by atoms with Crippen LogP contribution in [0, 0.1) is 5.82 Å². The molecule has 0 aliphatic carbocycles. The van der Waals surface area contributed by atoms with Gasteiger partial charge in [0.05, 0.1) is 24.5 Å². The predicted octanol–water partition coefficient (Wildman–Crippen LogP) is 1.28. The second-order valence-corrected chi connectivity index (χ2v) is 4.37. The second kappa shape index (κ2) is 10.1. The summed E-state index contributed by atoms with van der Waals surface area (Å²) in [6.45, 7) is 2.25. The molecular weight excluding hydrogens is 277 g/mol. The summed E-state index contributed by atoms with van der Waals surface area (Å²) in [5, 5.41) is 2.72. The number of rotatable bonds is 10. The van der Waals surface area contributed by atoms with Crippen molar-refractivity contribution in [3.05, 3.63) is 29.6 Å². The molecule has 21 heavy (non-hydrogen) atoms. The topological polar surface area (TPSA) is 85.6 Å². The lowest BCUT2D eigenvalue weighted by atomic mass is 10.1. The van der Waals surface area contributed by atoms with Crippen LogP contribution in [0.3, 0.4) is 0 Å². The Bertz CT molecular complexity index is 443. The van der Waals surface area contributed by atoms with Crippen LogP contribution < -0.4 is 16.6 Å². The molecule has 0 radical (unpaired) electrons. The minimum absolute atomic E-state index is 0.00195. The average molecular weight is 299 g/mol. The highest BCUT2D eigenvalue weighted by molar-refractivity contribution is 5.99. The van der Waals surface area contributed by atoms with E-state index in [2.05, 4.69) is 10.7 Å². The molecule has 4 N–H and O–H groups in total. The molecule has 1 rings (SSSR count). The van der Waals surface area contributed by atoms with E-state index in [0.29, 0.717) is 26.4 Å². The van der Waals surface area contributed by atoms with Gasteiger partial charge in [0.15, 0.2) is 0 Å². The zero-order valence-electron chi connectivity index (χ0n) is 12.2. The van der Waals surface area contributed by atoms with Gasteiger partial charge in [-0.3, -0.25) is 10.6 Å². The van der Waals surface area contributed by atoms with Crippen LogP contribution in [0.1, 0.15) is 23.2 Å². The van der Waals surface area contributed by atoms with Crippen LogP contribution in [0.15, 0.2) is 18.2 Å². The molecule has 0 heterocycles. The first-order chi connectivity index (χ1) is 10.2. The highest BCUT2D eigenvalue weighted by Gasteiger charge is 2.13. The van der Waals surface area contributed by atoms with Gasteiger partial charge in [-0.25, -0.2) is 4.39 Å². The van der Waals surface area contributed by atoms with E-state index in [1.165, 1.54) is 18.2 Å². The standard InChI is InChI=1S/C14H22FN3O3/c1-20-9-10-21-8-3-2-7-17-14(19)11-5-4-6-12(15)13(11)18-16/h4-6,18H,2-3,7-10,16H2,1H3,(H,17,19). The molecular formula is C14H22FN3O3. The normalized spacial score (nSPS) is 10.4. The van der Waals surface area contributed by atoms with Crippen LogP contribution >= 0.6 is 0 Å². The minimum atomic E-state index is -0.559. The number of hydrazine groups is 1. The van der Waals surface area contributed by atoms with Gasteiger partial charge in [0.1, 0.15) is 5.82 Å². The molecule has 7 heteroatoms. The molecule has 1 amide bonds.